The molecule has 3 rings (SSSR count). The second-order valence-electron chi connectivity index (χ2n) is 5.39. The molecule has 0 aliphatic carbocycles. The van der Waals surface area contributed by atoms with Crippen LogP contribution in [-0.4, -0.2) is 24.2 Å². The molecule has 0 N–H and O–H groups in total. The van der Waals surface area contributed by atoms with Gasteiger partial charge in [-0.3, -0.25) is 4.79 Å². The lowest BCUT2D eigenvalue weighted by molar-refractivity contribution is -0.118. The monoisotopic (exact) mass is 322 g/mol. The number of aromatic nitrogens is 1. The van der Waals surface area contributed by atoms with Crippen LogP contribution in [0.5, 0.6) is 5.75 Å². The quantitative estimate of drug-likeness (QED) is 0.868. The molecule has 0 saturated carbocycles. The minimum atomic E-state index is -2.88. The third-order valence-corrected chi connectivity index (χ3v) is 3.73. The third kappa shape index (κ3) is 3.33. The lowest BCUT2D eigenvalue weighted by Crippen LogP contribution is -2.36. The Morgan fingerprint density at radius 2 is 2.30 bits per heavy atom. The van der Waals surface area contributed by atoms with E-state index in [1.807, 2.05) is 0 Å². The Kier molecular flexibility index (Phi) is 4.27. The summed E-state index contributed by atoms with van der Waals surface area (Å²) in [4.78, 5) is 14.1. The van der Waals surface area contributed by atoms with Crippen molar-refractivity contribution in [1.29, 1.82) is 0 Å². The van der Waals surface area contributed by atoms with Crippen LogP contribution in [0.3, 0.4) is 0 Å². The van der Waals surface area contributed by atoms with Crippen molar-refractivity contribution in [3.8, 4) is 5.75 Å². The first-order valence-electron chi connectivity index (χ1n) is 7.34. The molecule has 122 valence electrons. The summed E-state index contributed by atoms with van der Waals surface area (Å²) in [5.74, 6) is 0.625. The molecule has 0 radical (unpaired) electrons. The van der Waals surface area contributed by atoms with E-state index in [0.29, 0.717) is 42.1 Å². The van der Waals surface area contributed by atoms with E-state index >= 15 is 0 Å². The zero-order chi connectivity index (χ0) is 16.4. The van der Waals surface area contributed by atoms with Crippen molar-refractivity contribution in [2.75, 3.05) is 11.4 Å². The van der Waals surface area contributed by atoms with Gasteiger partial charge in [-0.1, -0.05) is 11.2 Å². The Labute approximate surface area is 131 Å². The molecule has 7 heteroatoms. The van der Waals surface area contributed by atoms with Crippen LogP contribution in [0.2, 0.25) is 0 Å². The number of fused-ring (bicyclic) bond motifs is 1. The average molecular weight is 322 g/mol. The van der Waals surface area contributed by atoms with E-state index in [2.05, 4.69) is 9.89 Å². The average Bonchev–Trinajstić information content (AvgIpc) is 2.91. The Morgan fingerprint density at radius 3 is 3.00 bits per heavy atom. The van der Waals surface area contributed by atoms with Gasteiger partial charge in [0, 0.05) is 18.2 Å². The molecule has 1 aromatic heterocycles. The zero-order valence-electron chi connectivity index (χ0n) is 12.6. The van der Waals surface area contributed by atoms with Crippen molar-refractivity contribution in [3.63, 3.8) is 0 Å². The van der Waals surface area contributed by atoms with Gasteiger partial charge in [0.2, 0.25) is 5.91 Å². The third-order valence-electron chi connectivity index (χ3n) is 3.73. The molecule has 0 atom stereocenters. The summed E-state index contributed by atoms with van der Waals surface area (Å²) in [5.41, 5.74) is 1.82. The van der Waals surface area contributed by atoms with E-state index in [1.54, 1.807) is 30.0 Å². The molecule has 0 spiro atoms. The first-order valence-corrected chi connectivity index (χ1v) is 7.34. The largest absolute Gasteiger partial charge is 0.434 e. The SMILES string of the molecule is Cc1cc(CC(=O)N2CCCc3c(OC(F)F)cccc32)no1. The first-order chi connectivity index (χ1) is 11.0. The number of alkyl halides is 2. The number of aryl methyl sites for hydroxylation is 1. The highest BCUT2D eigenvalue weighted by molar-refractivity contribution is 5.96. The summed E-state index contributed by atoms with van der Waals surface area (Å²) in [5, 5.41) is 3.82. The van der Waals surface area contributed by atoms with E-state index in [9.17, 15) is 13.6 Å². The fourth-order valence-corrected chi connectivity index (χ4v) is 2.81. The molecule has 5 nitrogen and oxygen atoms in total. The molecular formula is C16H16F2N2O3. The summed E-state index contributed by atoms with van der Waals surface area (Å²) in [6, 6.07) is 6.57. The normalized spacial score (nSPS) is 14.0. The van der Waals surface area contributed by atoms with Gasteiger partial charge < -0.3 is 14.2 Å². The summed E-state index contributed by atoms with van der Waals surface area (Å²) < 4.78 is 34.6. The van der Waals surface area contributed by atoms with Crippen molar-refractivity contribution in [2.45, 2.75) is 32.8 Å². The maximum Gasteiger partial charge on any atom is 0.387 e. The summed E-state index contributed by atoms with van der Waals surface area (Å²) >= 11 is 0. The van der Waals surface area contributed by atoms with Gasteiger partial charge >= 0.3 is 6.61 Å². The molecule has 0 bridgehead atoms. The van der Waals surface area contributed by atoms with E-state index in [-0.39, 0.29) is 18.1 Å². The van der Waals surface area contributed by atoms with Gasteiger partial charge in [-0.15, -0.1) is 0 Å². The number of benzene rings is 1. The molecule has 1 aliphatic rings. The predicted octanol–water partition coefficient (Wildman–Crippen LogP) is 3.11. The van der Waals surface area contributed by atoms with Crippen LogP contribution in [0.4, 0.5) is 14.5 Å². The van der Waals surface area contributed by atoms with Gasteiger partial charge in [-0.05, 0) is 31.9 Å². The van der Waals surface area contributed by atoms with Gasteiger partial charge in [0.05, 0.1) is 17.8 Å². The Bertz CT molecular complexity index is 715. The van der Waals surface area contributed by atoms with Crippen LogP contribution in [0, 0.1) is 6.92 Å². The number of nitrogens with zero attached hydrogens (tertiary/aromatic N) is 2. The zero-order valence-corrected chi connectivity index (χ0v) is 12.6. The van der Waals surface area contributed by atoms with Crippen molar-refractivity contribution in [3.05, 3.63) is 41.3 Å². The highest BCUT2D eigenvalue weighted by atomic mass is 19.3. The van der Waals surface area contributed by atoms with Crippen LogP contribution in [-0.2, 0) is 17.6 Å². The maximum atomic E-state index is 12.5. The molecule has 23 heavy (non-hydrogen) atoms. The molecule has 1 aliphatic heterocycles. The van der Waals surface area contributed by atoms with E-state index in [0.717, 1.165) is 0 Å². The number of anilines is 1. The second kappa shape index (κ2) is 6.36. The highest BCUT2D eigenvalue weighted by Gasteiger charge is 2.26. The molecular weight excluding hydrogens is 306 g/mol. The van der Waals surface area contributed by atoms with Crippen molar-refractivity contribution >= 4 is 11.6 Å². The van der Waals surface area contributed by atoms with Crippen LogP contribution in [0.25, 0.3) is 0 Å². The molecule has 2 heterocycles. The lowest BCUT2D eigenvalue weighted by Gasteiger charge is -2.30. The topological polar surface area (TPSA) is 55.6 Å². The lowest BCUT2D eigenvalue weighted by atomic mass is 10.00. The van der Waals surface area contributed by atoms with E-state index in [4.69, 9.17) is 4.52 Å². The fraction of sp³-hybridized carbons (Fsp3) is 0.375. The molecule has 1 aromatic carbocycles. The molecule has 0 saturated heterocycles. The van der Waals surface area contributed by atoms with Crippen LogP contribution in [0.1, 0.15) is 23.4 Å². The molecule has 0 fully saturated rings. The smallest absolute Gasteiger partial charge is 0.387 e. The standard InChI is InChI=1S/C16H16F2N2O3/c1-10-8-11(19-23-10)9-15(21)20-7-3-4-12-13(20)5-2-6-14(12)22-16(17)18/h2,5-6,8,16H,3-4,7,9H2,1H3. The van der Waals surface area contributed by atoms with Crippen molar-refractivity contribution in [1.82, 2.24) is 5.16 Å². The second-order valence-corrected chi connectivity index (χ2v) is 5.39. The minimum Gasteiger partial charge on any atom is -0.434 e. The number of rotatable bonds is 4. The number of halogens is 2. The van der Waals surface area contributed by atoms with E-state index in [1.165, 1.54) is 6.07 Å². The van der Waals surface area contributed by atoms with Gasteiger partial charge in [0.25, 0.3) is 0 Å². The summed E-state index contributed by atoms with van der Waals surface area (Å²) in [6.07, 6.45) is 1.40. The Hall–Kier alpha value is -2.44. The van der Waals surface area contributed by atoms with Crippen LogP contribution in [0.15, 0.2) is 28.8 Å². The Balaban J connectivity index is 1.84. The highest BCUT2D eigenvalue weighted by Crippen LogP contribution is 2.35. The fourth-order valence-electron chi connectivity index (χ4n) is 2.81. The number of ether oxygens (including phenoxy) is 1. The van der Waals surface area contributed by atoms with Gasteiger partial charge in [-0.2, -0.15) is 8.78 Å². The number of carbonyl (C=O) groups is 1. The number of carbonyl (C=O) groups excluding carboxylic acids is 1. The summed E-state index contributed by atoms with van der Waals surface area (Å²) in [6.45, 7) is -0.586. The van der Waals surface area contributed by atoms with Gasteiger partial charge in [0.15, 0.2) is 0 Å². The number of hydrogen-bond acceptors (Lipinski definition) is 4. The Morgan fingerprint density at radius 1 is 1.48 bits per heavy atom. The molecule has 1 amide bonds. The first kappa shape index (κ1) is 15.5. The van der Waals surface area contributed by atoms with Crippen molar-refractivity contribution < 1.29 is 22.8 Å². The van der Waals surface area contributed by atoms with E-state index < -0.39 is 6.61 Å². The molecule has 2 aromatic rings. The number of amides is 1. The maximum absolute atomic E-state index is 12.5. The van der Waals surface area contributed by atoms with Gasteiger partial charge in [-0.25, -0.2) is 0 Å². The van der Waals surface area contributed by atoms with Crippen LogP contribution < -0.4 is 9.64 Å². The minimum absolute atomic E-state index is 0.108. The van der Waals surface area contributed by atoms with Crippen molar-refractivity contribution in [2.24, 2.45) is 0 Å². The molecule has 0 unspecified atom stereocenters. The van der Waals surface area contributed by atoms with Gasteiger partial charge in [0.1, 0.15) is 11.5 Å². The summed E-state index contributed by atoms with van der Waals surface area (Å²) in [7, 11) is 0. The number of hydrogen-bond donors (Lipinski definition) is 0. The predicted molar refractivity (Wildman–Crippen MR) is 78.7 cm³/mol. The van der Waals surface area contributed by atoms with Crippen LogP contribution >= 0.6 is 0 Å².